The zero-order valence-corrected chi connectivity index (χ0v) is 36.8. The van der Waals surface area contributed by atoms with E-state index in [9.17, 15) is 0 Å². The molecule has 0 N–H and O–H groups in total. The van der Waals surface area contributed by atoms with Crippen molar-refractivity contribution in [1.82, 2.24) is 4.57 Å². The lowest BCUT2D eigenvalue weighted by atomic mass is 9.67. The first-order valence-corrected chi connectivity index (χ1v) is 23.2. The van der Waals surface area contributed by atoms with E-state index >= 15 is 0 Å². The predicted molar refractivity (Wildman–Crippen MR) is 281 cm³/mol. The van der Waals surface area contributed by atoms with Crippen molar-refractivity contribution in [2.24, 2.45) is 0 Å². The van der Waals surface area contributed by atoms with Crippen LogP contribution in [0.4, 0.5) is 17.1 Å². The first kappa shape index (κ1) is 38.7. The fraction of sp³-hybridized carbons (Fsp3) is 0.0154. The summed E-state index contributed by atoms with van der Waals surface area (Å²) in [6.07, 6.45) is 0. The van der Waals surface area contributed by atoms with Crippen molar-refractivity contribution in [2.75, 3.05) is 4.90 Å². The fourth-order valence-corrected chi connectivity index (χ4v) is 11.0. The van der Waals surface area contributed by atoms with Gasteiger partial charge in [0.05, 0.1) is 16.4 Å². The molecule has 12 aromatic rings. The Balaban J connectivity index is 0.902. The molecule has 1 aliphatic rings. The highest BCUT2D eigenvalue weighted by atomic mass is 15.1. The van der Waals surface area contributed by atoms with Crippen LogP contribution >= 0.6 is 0 Å². The van der Waals surface area contributed by atoms with Crippen LogP contribution in [0.2, 0.25) is 0 Å². The molecule has 0 aliphatic heterocycles. The molecule has 2 heteroatoms. The van der Waals surface area contributed by atoms with Gasteiger partial charge in [-0.05, 0) is 139 Å². The molecule has 0 saturated heterocycles. The Morgan fingerprint density at radius 2 is 0.821 bits per heavy atom. The van der Waals surface area contributed by atoms with E-state index < -0.39 is 5.41 Å². The average Bonchev–Trinajstić information content (AvgIpc) is 3.90. The maximum Gasteiger partial charge on any atom is 0.0714 e. The molecule has 0 fully saturated rings. The van der Waals surface area contributed by atoms with Crippen molar-refractivity contribution in [3.05, 3.63) is 289 Å². The molecule has 0 spiro atoms. The van der Waals surface area contributed by atoms with E-state index in [1.165, 1.54) is 88.2 Å². The Labute approximate surface area is 390 Å². The molecular formula is C65H44N2. The van der Waals surface area contributed by atoms with Crippen molar-refractivity contribution >= 4 is 49.6 Å². The number of para-hydroxylation sites is 2. The van der Waals surface area contributed by atoms with E-state index in [2.05, 4.69) is 276 Å². The van der Waals surface area contributed by atoms with Gasteiger partial charge in [0.1, 0.15) is 0 Å². The number of hydrogen-bond acceptors (Lipinski definition) is 1. The van der Waals surface area contributed by atoms with E-state index in [0.717, 1.165) is 22.7 Å². The minimum Gasteiger partial charge on any atom is -0.310 e. The van der Waals surface area contributed by atoms with Gasteiger partial charge in [-0.1, -0.05) is 194 Å². The average molecular weight is 853 g/mol. The lowest BCUT2D eigenvalue weighted by Crippen LogP contribution is -2.28. The van der Waals surface area contributed by atoms with E-state index in [1.807, 2.05) is 0 Å². The summed E-state index contributed by atoms with van der Waals surface area (Å²) in [6.45, 7) is 0. The van der Waals surface area contributed by atoms with Crippen LogP contribution in [-0.4, -0.2) is 4.57 Å². The standard InChI is InChI=1S/C65H44N2/c1-5-17-45(18-6-1)46-31-35-54(36-32-46)66(53-23-11-4-12-24-53)55-37-33-48-41-47(29-30-49(48)42-55)50-34-40-64-60(43-50)59-26-14-16-28-63(59)67(64)56-38-39-58-57-25-13-15-27-61(57)65(62(58)44-56,51-19-7-2-8-20-51)52-21-9-3-10-22-52/h1-44H. The van der Waals surface area contributed by atoms with Crippen LogP contribution in [0.25, 0.3) is 71.6 Å². The van der Waals surface area contributed by atoms with Gasteiger partial charge in [-0.3, -0.25) is 0 Å². The molecule has 2 nitrogen and oxygen atoms in total. The summed E-state index contributed by atoms with van der Waals surface area (Å²) in [5.74, 6) is 0. The Morgan fingerprint density at radius 3 is 1.58 bits per heavy atom. The van der Waals surface area contributed by atoms with Crippen LogP contribution in [-0.2, 0) is 5.41 Å². The maximum atomic E-state index is 2.47. The van der Waals surface area contributed by atoms with Crippen molar-refractivity contribution in [3.63, 3.8) is 0 Å². The summed E-state index contributed by atoms with van der Waals surface area (Å²) in [5, 5.41) is 4.88. The second kappa shape index (κ2) is 15.8. The van der Waals surface area contributed by atoms with Crippen molar-refractivity contribution in [2.45, 2.75) is 5.41 Å². The summed E-state index contributed by atoms with van der Waals surface area (Å²) in [4.78, 5) is 2.34. The third kappa shape index (κ3) is 6.26. The van der Waals surface area contributed by atoms with Gasteiger partial charge < -0.3 is 9.47 Å². The summed E-state index contributed by atoms with van der Waals surface area (Å²) >= 11 is 0. The number of fused-ring (bicyclic) bond motifs is 7. The maximum absolute atomic E-state index is 2.47. The Hall–Kier alpha value is -8.72. The molecule has 1 heterocycles. The van der Waals surface area contributed by atoms with Crippen molar-refractivity contribution < 1.29 is 0 Å². The summed E-state index contributed by atoms with van der Waals surface area (Å²) in [6, 6.07) is 97.9. The van der Waals surface area contributed by atoms with Crippen molar-refractivity contribution in [1.29, 1.82) is 0 Å². The predicted octanol–water partition coefficient (Wildman–Crippen LogP) is 17.1. The zero-order valence-electron chi connectivity index (χ0n) is 36.8. The Morgan fingerprint density at radius 1 is 0.299 bits per heavy atom. The van der Waals surface area contributed by atoms with Gasteiger partial charge in [-0.25, -0.2) is 0 Å². The lowest BCUT2D eigenvalue weighted by Gasteiger charge is -2.34. The number of hydrogen-bond donors (Lipinski definition) is 0. The van der Waals surface area contributed by atoms with Gasteiger partial charge in [0.2, 0.25) is 0 Å². The Bertz CT molecular complexity index is 3740. The molecule has 0 unspecified atom stereocenters. The van der Waals surface area contributed by atoms with E-state index in [0.29, 0.717) is 0 Å². The normalized spacial score (nSPS) is 12.6. The van der Waals surface area contributed by atoms with Gasteiger partial charge >= 0.3 is 0 Å². The number of nitrogens with zero attached hydrogens (tertiary/aromatic N) is 2. The van der Waals surface area contributed by atoms with Gasteiger partial charge in [0, 0.05) is 33.5 Å². The third-order valence-corrected chi connectivity index (χ3v) is 14.0. The first-order chi connectivity index (χ1) is 33.2. The second-order valence-electron chi connectivity index (χ2n) is 17.7. The summed E-state index contributed by atoms with van der Waals surface area (Å²) in [7, 11) is 0. The second-order valence-corrected chi connectivity index (χ2v) is 17.7. The van der Waals surface area contributed by atoms with Crippen LogP contribution in [0.5, 0.6) is 0 Å². The van der Waals surface area contributed by atoms with Gasteiger partial charge in [-0.15, -0.1) is 0 Å². The molecule has 1 aromatic heterocycles. The molecule has 67 heavy (non-hydrogen) atoms. The highest BCUT2D eigenvalue weighted by Gasteiger charge is 2.46. The zero-order chi connectivity index (χ0) is 44.3. The minimum atomic E-state index is -0.471. The number of rotatable bonds is 8. The summed E-state index contributed by atoms with van der Waals surface area (Å²) in [5.41, 5.74) is 19.0. The molecular weight excluding hydrogens is 809 g/mol. The largest absolute Gasteiger partial charge is 0.310 e. The molecule has 1 aliphatic carbocycles. The fourth-order valence-electron chi connectivity index (χ4n) is 11.0. The van der Waals surface area contributed by atoms with Crippen molar-refractivity contribution in [3.8, 4) is 39.1 Å². The van der Waals surface area contributed by atoms with Crippen LogP contribution in [0, 0.1) is 0 Å². The van der Waals surface area contributed by atoms with Gasteiger partial charge in [0.15, 0.2) is 0 Å². The molecule has 13 rings (SSSR count). The topological polar surface area (TPSA) is 8.17 Å². The van der Waals surface area contributed by atoms with Crippen LogP contribution < -0.4 is 4.90 Å². The number of aromatic nitrogens is 1. The number of benzene rings is 11. The van der Waals surface area contributed by atoms with E-state index in [-0.39, 0.29) is 0 Å². The molecule has 0 saturated carbocycles. The molecule has 0 atom stereocenters. The molecule has 0 radical (unpaired) electrons. The Kier molecular flexibility index (Phi) is 9.11. The van der Waals surface area contributed by atoms with E-state index in [1.54, 1.807) is 0 Å². The van der Waals surface area contributed by atoms with Crippen LogP contribution in [0.1, 0.15) is 22.3 Å². The van der Waals surface area contributed by atoms with E-state index in [4.69, 9.17) is 0 Å². The van der Waals surface area contributed by atoms with Crippen LogP contribution in [0.15, 0.2) is 267 Å². The first-order valence-electron chi connectivity index (χ1n) is 23.2. The van der Waals surface area contributed by atoms with Gasteiger partial charge in [0.25, 0.3) is 0 Å². The highest BCUT2D eigenvalue weighted by Crippen LogP contribution is 2.56. The smallest absolute Gasteiger partial charge is 0.0714 e. The van der Waals surface area contributed by atoms with Crippen LogP contribution in [0.3, 0.4) is 0 Å². The molecule has 0 amide bonds. The highest BCUT2D eigenvalue weighted by molar-refractivity contribution is 6.11. The monoisotopic (exact) mass is 852 g/mol. The lowest BCUT2D eigenvalue weighted by molar-refractivity contribution is 0.767. The summed E-state index contributed by atoms with van der Waals surface area (Å²) < 4.78 is 2.47. The third-order valence-electron chi connectivity index (χ3n) is 14.0. The molecule has 11 aromatic carbocycles. The van der Waals surface area contributed by atoms with Gasteiger partial charge in [-0.2, -0.15) is 0 Å². The minimum absolute atomic E-state index is 0.471. The quantitative estimate of drug-likeness (QED) is 0.148. The SMILES string of the molecule is c1ccc(-c2ccc(N(c3ccccc3)c3ccc4cc(-c5ccc6c(c5)c5ccccc5n6-c5ccc6c(c5)C(c5ccccc5)(c5ccccc5)c5ccccc5-6)ccc4c3)cc2)cc1. The molecule has 314 valence electrons. The number of anilines is 3. The molecule has 0 bridgehead atoms.